The number of ketones is 1. The van der Waals surface area contributed by atoms with E-state index in [1.165, 1.54) is 4.90 Å². The highest BCUT2D eigenvalue weighted by Gasteiger charge is 2.39. The molecule has 2 aliphatic rings. The lowest BCUT2D eigenvalue weighted by Gasteiger charge is -2.20. The third-order valence-electron chi connectivity index (χ3n) is 4.55. The Morgan fingerprint density at radius 3 is 1.96 bits per heavy atom. The van der Waals surface area contributed by atoms with Crippen LogP contribution in [0.25, 0.3) is 0 Å². The quantitative estimate of drug-likeness (QED) is 0.634. The van der Waals surface area contributed by atoms with E-state index in [0.717, 1.165) is 10.5 Å². The van der Waals surface area contributed by atoms with E-state index < -0.39 is 11.7 Å². The Morgan fingerprint density at radius 1 is 0.720 bits per heavy atom. The fourth-order valence-electron chi connectivity index (χ4n) is 3.28. The number of Topliss-reactive ketones (excluding diaryl/α,β-unsaturated/α-hetero) is 1. The number of hydrogen-bond donors (Lipinski definition) is 0. The Morgan fingerprint density at radius 2 is 1.32 bits per heavy atom. The van der Waals surface area contributed by atoms with Crippen LogP contribution in [0.3, 0.4) is 0 Å². The van der Waals surface area contributed by atoms with Crippen molar-refractivity contribution < 1.29 is 19.2 Å². The molecule has 0 unspecified atom stereocenters. The molecule has 0 N–H and O–H groups in total. The zero-order valence-electron chi connectivity index (χ0n) is 13.5. The summed E-state index contributed by atoms with van der Waals surface area (Å²) in [6, 6.07) is 11.8. The fourth-order valence-corrected chi connectivity index (χ4v) is 3.28. The van der Waals surface area contributed by atoms with E-state index in [-0.39, 0.29) is 24.9 Å². The third-order valence-corrected chi connectivity index (χ3v) is 4.55. The zero-order chi connectivity index (χ0) is 17.7. The summed E-state index contributed by atoms with van der Waals surface area (Å²) in [5, 5.41) is 0. The third kappa shape index (κ3) is 2.18. The molecule has 0 aliphatic carbocycles. The summed E-state index contributed by atoms with van der Waals surface area (Å²) in [5.41, 5.74) is 2.52. The molecule has 0 saturated carbocycles. The Hall–Kier alpha value is -3.28. The molecule has 0 fully saturated rings. The van der Waals surface area contributed by atoms with Crippen LogP contribution in [-0.2, 0) is 4.79 Å². The van der Waals surface area contributed by atoms with Gasteiger partial charge in [0.2, 0.25) is 0 Å². The molecule has 0 spiro atoms. The van der Waals surface area contributed by atoms with E-state index in [9.17, 15) is 19.2 Å². The first-order valence-electron chi connectivity index (χ1n) is 7.91. The second-order valence-corrected chi connectivity index (χ2v) is 6.11. The molecule has 0 saturated heterocycles. The van der Waals surface area contributed by atoms with Gasteiger partial charge in [-0.25, -0.2) is 0 Å². The smallest absolute Gasteiger partial charge is 0.299 e. The predicted molar refractivity (Wildman–Crippen MR) is 89.7 cm³/mol. The minimum absolute atomic E-state index is 0.0404. The van der Waals surface area contributed by atoms with Crippen LogP contribution in [0.4, 0.5) is 5.69 Å². The minimum atomic E-state index is -0.628. The van der Waals surface area contributed by atoms with Gasteiger partial charge in [0.15, 0.2) is 0 Å². The lowest BCUT2D eigenvalue weighted by atomic mass is 10.1. The number of benzene rings is 2. The number of amides is 3. The predicted octanol–water partition coefficient (Wildman–Crippen LogP) is 1.82. The average Bonchev–Trinajstić information content (AvgIpc) is 2.99. The van der Waals surface area contributed by atoms with Crippen LogP contribution in [0.5, 0.6) is 0 Å². The lowest BCUT2D eigenvalue weighted by Crippen LogP contribution is -2.40. The van der Waals surface area contributed by atoms with E-state index in [4.69, 9.17) is 0 Å². The number of nitrogens with zero attached hydrogens (tertiary/aromatic N) is 2. The largest absolute Gasteiger partial charge is 0.303 e. The molecule has 3 amide bonds. The van der Waals surface area contributed by atoms with Crippen LogP contribution in [-0.4, -0.2) is 41.5 Å². The number of rotatable bonds is 3. The van der Waals surface area contributed by atoms with Gasteiger partial charge in [0.05, 0.1) is 22.4 Å². The molecule has 0 atom stereocenters. The van der Waals surface area contributed by atoms with Gasteiger partial charge in [0.1, 0.15) is 0 Å². The van der Waals surface area contributed by atoms with Crippen molar-refractivity contribution in [2.45, 2.75) is 6.92 Å². The van der Waals surface area contributed by atoms with Gasteiger partial charge in [-0.2, -0.15) is 0 Å². The number of anilines is 1. The van der Waals surface area contributed by atoms with Gasteiger partial charge in [0, 0.05) is 13.1 Å². The van der Waals surface area contributed by atoms with Crippen LogP contribution >= 0.6 is 0 Å². The zero-order valence-corrected chi connectivity index (χ0v) is 13.5. The van der Waals surface area contributed by atoms with Crippen molar-refractivity contribution in [1.82, 2.24) is 4.90 Å². The summed E-state index contributed by atoms with van der Waals surface area (Å²) in [7, 11) is 0. The van der Waals surface area contributed by atoms with Crippen LogP contribution in [0, 0.1) is 6.92 Å². The normalized spacial score (nSPS) is 15.9. The number of carbonyl (C=O) groups excluding carboxylic acids is 4. The van der Waals surface area contributed by atoms with Crippen molar-refractivity contribution in [3.8, 4) is 0 Å². The van der Waals surface area contributed by atoms with Crippen LogP contribution in [0.15, 0.2) is 42.5 Å². The van der Waals surface area contributed by atoms with Gasteiger partial charge in [-0.3, -0.25) is 24.1 Å². The summed E-state index contributed by atoms with van der Waals surface area (Å²) in [6.07, 6.45) is 0. The number of aryl methyl sites for hydroxylation is 1. The Kier molecular flexibility index (Phi) is 3.28. The molecule has 0 radical (unpaired) electrons. The maximum absolute atomic E-state index is 12.4. The van der Waals surface area contributed by atoms with Gasteiger partial charge in [-0.15, -0.1) is 0 Å². The Balaban J connectivity index is 1.57. The summed E-state index contributed by atoms with van der Waals surface area (Å²) in [4.78, 5) is 51.6. The summed E-state index contributed by atoms with van der Waals surface area (Å²) >= 11 is 0. The first-order chi connectivity index (χ1) is 12.0. The molecule has 25 heavy (non-hydrogen) atoms. The highest BCUT2D eigenvalue weighted by molar-refractivity contribution is 6.52. The Labute approximate surface area is 143 Å². The van der Waals surface area contributed by atoms with Crippen molar-refractivity contribution in [2.24, 2.45) is 0 Å². The molecule has 0 bridgehead atoms. The van der Waals surface area contributed by atoms with Crippen molar-refractivity contribution in [1.29, 1.82) is 0 Å². The van der Waals surface area contributed by atoms with Gasteiger partial charge >= 0.3 is 0 Å². The van der Waals surface area contributed by atoms with Crippen molar-refractivity contribution in [2.75, 3.05) is 18.0 Å². The number of imide groups is 1. The van der Waals surface area contributed by atoms with Crippen LogP contribution < -0.4 is 4.90 Å². The van der Waals surface area contributed by atoms with Crippen molar-refractivity contribution >= 4 is 29.2 Å². The van der Waals surface area contributed by atoms with E-state index >= 15 is 0 Å². The summed E-state index contributed by atoms with van der Waals surface area (Å²) < 4.78 is 0. The monoisotopic (exact) mass is 334 g/mol. The molecule has 4 rings (SSSR count). The number of fused-ring (bicyclic) bond motifs is 2. The minimum Gasteiger partial charge on any atom is -0.303 e. The molecule has 2 aromatic rings. The number of hydrogen-bond acceptors (Lipinski definition) is 4. The second kappa shape index (κ2) is 5.37. The van der Waals surface area contributed by atoms with Gasteiger partial charge in [-0.1, -0.05) is 23.8 Å². The van der Waals surface area contributed by atoms with Crippen molar-refractivity contribution in [3.05, 3.63) is 64.7 Å². The maximum atomic E-state index is 12.4. The molecule has 2 aromatic carbocycles. The molecule has 6 nitrogen and oxygen atoms in total. The van der Waals surface area contributed by atoms with Gasteiger partial charge in [0.25, 0.3) is 23.5 Å². The first-order valence-corrected chi connectivity index (χ1v) is 7.91. The molecule has 124 valence electrons. The Bertz CT molecular complexity index is 929. The topological polar surface area (TPSA) is 74.8 Å². The van der Waals surface area contributed by atoms with Crippen LogP contribution in [0.1, 0.15) is 36.6 Å². The first kappa shape index (κ1) is 15.3. The van der Waals surface area contributed by atoms with Gasteiger partial charge < -0.3 is 4.90 Å². The molecular weight excluding hydrogens is 320 g/mol. The van der Waals surface area contributed by atoms with E-state index in [2.05, 4.69) is 0 Å². The molecule has 0 aromatic heterocycles. The van der Waals surface area contributed by atoms with Crippen molar-refractivity contribution in [3.63, 3.8) is 0 Å². The molecular formula is C19H14N2O4. The number of carbonyl (C=O) groups is 4. The molecule has 2 aliphatic heterocycles. The second-order valence-electron chi connectivity index (χ2n) is 6.11. The summed E-state index contributed by atoms with van der Waals surface area (Å²) in [6.45, 7) is 1.98. The molecule has 2 heterocycles. The highest BCUT2D eigenvalue weighted by Crippen LogP contribution is 2.30. The lowest BCUT2D eigenvalue weighted by molar-refractivity contribution is -0.114. The average molecular weight is 334 g/mol. The van der Waals surface area contributed by atoms with E-state index in [1.807, 2.05) is 13.0 Å². The van der Waals surface area contributed by atoms with E-state index in [1.54, 1.807) is 36.4 Å². The SMILES string of the molecule is Cc1ccc2c(c1)C(=O)C(=O)N2CCN1C(=O)c2ccccc2C1=O. The summed E-state index contributed by atoms with van der Waals surface area (Å²) in [5.74, 6) is -1.93. The fraction of sp³-hybridized carbons (Fsp3) is 0.158. The van der Waals surface area contributed by atoms with Crippen LogP contribution in [0.2, 0.25) is 0 Å². The van der Waals surface area contributed by atoms with E-state index in [0.29, 0.717) is 22.4 Å². The van der Waals surface area contributed by atoms with Gasteiger partial charge in [-0.05, 0) is 31.2 Å². The highest BCUT2D eigenvalue weighted by atomic mass is 16.2. The standard InChI is InChI=1S/C19H14N2O4/c1-11-6-7-15-14(10-11)16(22)19(25)20(15)8-9-21-17(23)12-4-2-3-5-13(12)18(21)24/h2-7,10H,8-9H2,1H3. The maximum Gasteiger partial charge on any atom is 0.299 e. The molecule has 6 heteroatoms.